The maximum absolute atomic E-state index is 12.9. The van der Waals surface area contributed by atoms with Gasteiger partial charge in [-0.1, -0.05) is 19.1 Å². The number of nitrogens with zero attached hydrogens (tertiary/aromatic N) is 2. The first-order valence-corrected chi connectivity index (χ1v) is 10.9. The topological polar surface area (TPSA) is 52.6 Å². The third-order valence-electron chi connectivity index (χ3n) is 4.69. The van der Waals surface area contributed by atoms with Crippen LogP contribution in [0.5, 0.6) is 0 Å². The zero-order valence-electron chi connectivity index (χ0n) is 15.6. The van der Waals surface area contributed by atoms with Gasteiger partial charge in [0.15, 0.2) is 0 Å². The molecule has 0 unspecified atom stereocenters. The van der Waals surface area contributed by atoms with Gasteiger partial charge in [-0.05, 0) is 54.9 Å². The Morgan fingerprint density at radius 3 is 2.19 bits per heavy atom. The Hall–Kier alpha value is -2.12. The Balaban J connectivity index is 1.58. The predicted molar refractivity (Wildman–Crippen MR) is 108 cm³/mol. The third kappa shape index (κ3) is 5.68. The van der Waals surface area contributed by atoms with E-state index in [0.29, 0.717) is 11.3 Å². The van der Waals surface area contributed by atoms with Crippen molar-refractivity contribution in [3.05, 3.63) is 59.9 Å². The minimum absolute atomic E-state index is 0.186. The SMILES string of the molecule is CCCN1CCN(c2ccc(NS(=O)(=O)Cc3ccc(F)cc3)cc2)CC1. The van der Waals surface area contributed by atoms with E-state index in [1.54, 1.807) is 12.1 Å². The zero-order chi connectivity index (χ0) is 19.3. The van der Waals surface area contributed by atoms with Crippen LogP contribution in [-0.4, -0.2) is 46.0 Å². The van der Waals surface area contributed by atoms with Gasteiger partial charge in [-0.3, -0.25) is 9.62 Å². The normalized spacial score (nSPS) is 15.7. The van der Waals surface area contributed by atoms with Crippen molar-refractivity contribution in [2.24, 2.45) is 0 Å². The van der Waals surface area contributed by atoms with Crippen LogP contribution in [0, 0.1) is 5.82 Å². The van der Waals surface area contributed by atoms with Crippen LogP contribution in [0.2, 0.25) is 0 Å². The predicted octanol–water partition coefficient (Wildman–Crippen LogP) is 3.30. The summed E-state index contributed by atoms with van der Waals surface area (Å²) in [6, 6.07) is 13.0. The molecule has 27 heavy (non-hydrogen) atoms. The molecule has 0 saturated carbocycles. The van der Waals surface area contributed by atoms with Gasteiger partial charge in [0, 0.05) is 37.6 Å². The molecule has 0 atom stereocenters. The first-order valence-electron chi connectivity index (χ1n) is 9.27. The van der Waals surface area contributed by atoms with Gasteiger partial charge < -0.3 is 4.90 Å². The Morgan fingerprint density at radius 2 is 1.59 bits per heavy atom. The van der Waals surface area contributed by atoms with Crippen molar-refractivity contribution in [2.45, 2.75) is 19.1 Å². The summed E-state index contributed by atoms with van der Waals surface area (Å²) in [5, 5.41) is 0. The first-order chi connectivity index (χ1) is 12.9. The summed E-state index contributed by atoms with van der Waals surface area (Å²) >= 11 is 0. The molecule has 3 rings (SSSR count). The van der Waals surface area contributed by atoms with Gasteiger partial charge >= 0.3 is 0 Å². The van der Waals surface area contributed by atoms with Gasteiger partial charge in [-0.25, -0.2) is 12.8 Å². The molecule has 0 bridgehead atoms. The van der Waals surface area contributed by atoms with Crippen LogP contribution in [0.25, 0.3) is 0 Å². The minimum Gasteiger partial charge on any atom is -0.369 e. The van der Waals surface area contributed by atoms with Crippen molar-refractivity contribution in [1.82, 2.24) is 4.90 Å². The molecule has 1 heterocycles. The van der Waals surface area contributed by atoms with Crippen molar-refractivity contribution in [3.63, 3.8) is 0 Å². The summed E-state index contributed by atoms with van der Waals surface area (Å²) in [5.41, 5.74) is 2.18. The quantitative estimate of drug-likeness (QED) is 0.787. The molecule has 2 aromatic rings. The highest BCUT2D eigenvalue weighted by Gasteiger charge is 2.17. The van der Waals surface area contributed by atoms with E-state index >= 15 is 0 Å². The molecular weight excluding hydrogens is 365 g/mol. The molecule has 146 valence electrons. The lowest BCUT2D eigenvalue weighted by Crippen LogP contribution is -2.46. The molecule has 1 aliphatic rings. The van der Waals surface area contributed by atoms with Crippen LogP contribution in [-0.2, 0) is 15.8 Å². The molecule has 1 aliphatic heterocycles. The van der Waals surface area contributed by atoms with Gasteiger partial charge in [-0.15, -0.1) is 0 Å². The Labute approximate surface area is 160 Å². The number of rotatable bonds is 7. The highest BCUT2D eigenvalue weighted by atomic mass is 32.2. The standard InChI is InChI=1S/C20H26FN3O2S/c1-2-11-23-12-14-24(15-13-23)20-9-7-19(8-10-20)22-27(25,26)16-17-3-5-18(21)6-4-17/h3-10,22H,2,11-16H2,1H3. The van der Waals surface area contributed by atoms with Gasteiger partial charge in [0.05, 0.1) is 5.75 Å². The molecule has 0 spiro atoms. The Kier molecular flexibility index (Phi) is 6.34. The number of hydrogen-bond donors (Lipinski definition) is 1. The van der Waals surface area contributed by atoms with E-state index in [1.165, 1.54) is 30.7 Å². The Morgan fingerprint density at radius 1 is 0.963 bits per heavy atom. The lowest BCUT2D eigenvalue weighted by atomic mass is 10.2. The number of hydrogen-bond acceptors (Lipinski definition) is 4. The van der Waals surface area contributed by atoms with E-state index in [9.17, 15) is 12.8 Å². The molecule has 1 saturated heterocycles. The number of benzene rings is 2. The summed E-state index contributed by atoms with van der Waals surface area (Å²) < 4.78 is 40.2. The molecule has 0 amide bonds. The highest BCUT2D eigenvalue weighted by Crippen LogP contribution is 2.21. The largest absolute Gasteiger partial charge is 0.369 e. The van der Waals surface area contributed by atoms with E-state index in [4.69, 9.17) is 0 Å². The number of piperazine rings is 1. The smallest absolute Gasteiger partial charge is 0.236 e. The maximum atomic E-state index is 12.9. The summed E-state index contributed by atoms with van der Waals surface area (Å²) in [4.78, 5) is 4.79. The fourth-order valence-corrected chi connectivity index (χ4v) is 4.50. The summed E-state index contributed by atoms with van der Waals surface area (Å²) in [6.07, 6.45) is 1.17. The summed E-state index contributed by atoms with van der Waals surface area (Å²) in [5.74, 6) is -0.566. The number of nitrogens with one attached hydrogen (secondary N) is 1. The minimum atomic E-state index is -3.54. The molecule has 0 radical (unpaired) electrons. The second-order valence-corrected chi connectivity index (χ2v) is 8.59. The van der Waals surface area contributed by atoms with Crippen LogP contribution in [0.3, 0.4) is 0 Å². The molecule has 7 heteroatoms. The molecule has 0 aliphatic carbocycles. The highest BCUT2D eigenvalue weighted by molar-refractivity contribution is 7.91. The van der Waals surface area contributed by atoms with Gasteiger partial charge in [0.25, 0.3) is 0 Å². The number of anilines is 2. The average molecular weight is 392 g/mol. The average Bonchev–Trinajstić information content (AvgIpc) is 2.65. The molecule has 1 N–H and O–H groups in total. The van der Waals surface area contributed by atoms with Crippen LogP contribution < -0.4 is 9.62 Å². The van der Waals surface area contributed by atoms with Crippen molar-refractivity contribution in [1.29, 1.82) is 0 Å². The van der Waals surface area contributed by atoms with E-state index in [1.807, 2.05) is 12.1 Å². The second-order valence-electron chi connectivity index (χ2n) is 6.86. The third-order valence-corrected chi connectivity index (χ3v) is 5.95. The van der Waals surface area contributed by atoms with Crippen LogP contribution >= 0.6 is 0 Å². The summed E-state index contributed by atoms with van der Waals surface area (Å²) in [7, 11) is -3.54. The monoisotopic (exact) mass is 391 g/mol. The number of halogens is 1. The van der Waals surface area contributed by atoms with Crippen molar-refractivity contribution in [2.75, 3.05) is 42.3 Å². The Bertz CT molecular complexity index is 831. The van der Waals surface area contributed by atoms with Crippen molar-refractivity contribution in [3.8, 4) is 0 Å². The van der Waals surface area contributed by atoms with Crippen LogP contribution in [0.4, 0.5) is 15.8 Å². The van der Waals surface area contributed by atoms with Crippen molar-refractivity contribution < 1.29 is 12.8 Å². The first kappa shape index (κ1) is 19.6. The zero-order valence-corrected chi connectivity index (χ0v) is 16.4. The molecule has 5 nitrogen and oxygen atoms in total. The second kappa shape index (κ2) is 8.71. The lowest BCUT2D eigenvalue weighted by Gasteiger charge is -2.36. The van der Waals surface area contributed by atoms with E-state index in [2.05, 4.69) is 21.4 Å². The van der Waals surface area contributed by atoms with Crippen LogP contribution in [0.1, 0.15) is 18.9 Å². The molecule has 2 aromatic carbocycles. The van der Waals surface area contributed by atoms with Gasteiger partial charge in [0.2, 0.25) is 10.0 Å². The maximum Gasteiger partial charge on any atom is 0.236 e. The molecule has 1 fully saturated rings. The van der Waals surface area contributed by atoms with E-state index in [-0.39, 0.29) is 11.6 Å². The lowest BCUT2D eigenvalue weighted by molar-refractivity contribution is 0.258. The fourth-order valence-electron chi connectivity index (χ4n) is 3.30. The van der Waals surface area contributed by atoms with Crippen LogP contribution in [0.15, 0.2) is 48.5 Å². The van der Waals surface area contributed by atoms with Crippen molar-refractivity contribution >= 4 is 21.4 Å². The van der Waals surface area contributed by atoms with E-state index < -0.39 is 10.0 Å². The fraction of sp³-hybridized carbons (Fsp3) is 0.400. The van der Waals surface area contributed by atoms with Gasteiger partial charge in [0.1, 0.15) is 5.82 Å². The molecular formula is C20H26FN3O2S. The van der Waals surface area contributed by atoms with Gasteiger partial charge in [-0.2, -0.15) is 0 Å². The molecule has 0 aromatic heterocycles. The summed E-state index contributed by atoms with van der Waals surface area (Å²) in [6.45, 7) is 7.41. The van der Waals surface area contributed by atoms with E-state index in [0.717, 1.165) is 38.4 Å². The number of sulfonamides is 1.